The van der Waals surface area contributed by atoms with E-state index in [0.29, 0.717) is 0 Å². The molecule has 0 saturated heterocycles. The third-order valence-electron chi connectivity index (χ3n) is 3.14. The van der Waals surface area contributed by atoms with Gasteiger partial charge in [-0.15, -0.1) is 0 Å². The minimum Gasteiger partial charge on any atom is -0.388 e. The van der Waals surface area contributed by atoms with Crippen LogP contribution in [0, 0.1) is 13.8 Å². The van der Waals surface area contributed by atoms with Crippen LogP contribution >= 0.6 is 15.9 Å². The van der Waals surface area contributed by atoms with Crippen LogP contribution in [0.5, 0.6) is 0 Å². The van der Waals surface area contributed by atoms with E-state index in [1.54, 1.807) is 0 Å². The second-order valence-corrected chi connectivity index (χ2v) is 4.95. The van der Waals surface area contributed by atoms with Gasteiger partial charge in [-0.2, -0.15) is 0 Å². The molecule has 1 nitrogen and oxygen atoms in total. The standard InChI is InChI=1S/C12H15BrO/c1-7-6-10(13)8(2)12-9(7)4-3-5-11(12)14/h6,11,14H,3-5H2,1-2H3/t11-/m1/s1. The Bertz CT molecular complexity index is 371. The van der Waals surface area contributed by atoms with Crippen LogP contribution in [0.15, 0.2) is 10.5 Å². The molecule has 2 rings (SSSR count). The normalized spacial score (nSPS) is 20.7. The Hall–Kier alpha value is -0.340. The number of fused-ring (bicyclic) bond motifs is 1. The number of benzene rings is 1. The highest BCUT2D eigenvalue weighted by atomic mass is 79.9. The molecule has 0 saturated carbocycles. The molecule has 0 radical (unpaired) electrons. The number of rotatable bonds is 0. The van der Waals surface area contributed by atoms with Crippen LogP contribution in [-0.4, -0.2) is 5.11 Å². The molecule has 1 aromatic carbocycles. The highest BCUT2D eigenvalue weighted by Gasteiger charge is 2.22. The maximum Gasteiger partial charge on any atom is 0.0795 e. The van der Waals surface area contributed by atoms with Crippen molar-refractivity contribution in [3.8, 4) is 0 Å². The highest BCUT2D eigenvalue weighted by molar-refractivity contribution is 9.10. The molecule has 0 aliphatic heterocycles. The van der Waals surface area contributed by atoms with E-state index in [-0.39, 0.29) is 6.10 Å². The summed E-state index contributed by atoms with van der Waals surface area (Å²) in [5.74, 6) is 0. The average Bonchev–Trinajstić information content (AvgIpc) is 2.14. The number of hydrogen-bond donors (Lipinski definition) is 1. The maximum absolute atomic E-state index is 9.97. The lowest BCUT2D eigenvalue weighted by Crippen LogP contribution is -2.12. The Morgan fingerprint density at radius 3 is 2.86 bits per heavy atom. The van der Waals surface area contributed by atoms with Gasteiger partial charge in [0.1, 0.15) is 0 Å². The fourth-order valence-corrected chi connectivity index (χ4v) is 2.91. The van der Waals surface area contributed by atoms with Gasteiger partial charge in [-0.3, -0.25) is 0 Å². The number of aliphatic hydroxyl groups is 1. The first kappa shape index (κ1) is 10.2. The second-order valence-electron chi connectivity index (χ2n) is 4.10. The van der Waals surface area contributed by atoms with E-state index in [4.69, 9.17) is 0 Å². The first-order valence-electron chi connectivity index (χ1n) is 5.08. The van der Waals surface area contributed by atoms with Crippen LogP contribution in [-0.2, 0) is 6.42 Å². The summed E-state index contributed by atoms with van der Waals surface area (Å²) in [7, 11) is 0. The van der Waals surface area contributed by atoms with E-state index >= 15 is 0 Å². The number of hydrogen-bond acceptors (Lipinski definition) is 1. The molecule has 0 bridgehead atoms. The zero-order chi connectivity index (χ0) is 10.3. The molecule has 2 heteroatoms. The Morgan fingerprint density at radius 2 is 2.14 bits per heavy atom. The monoisotopic (exact) mass is 254 g/mol. The quantitative estimate of drug-likeness (QED) is 0.752. The van der Waals surface area contributed by atoms with E-state index in [1.807, 2.05) is 0 Å². The van der Waals surface area contributed by atoms with Crippen molar-refractivity contribution in [3.05, 3.63) is 32.8 Å². The van der Waals surface area contributed by atoms with Gasteiger partial charge in [0.25, 0.3) is 0 Å². The lowest BCUT2D eigenvalue weighted by atomic mass is 9.84. The molecule has 0 amide bonds. The van der Waals surface area contributed by atoms with Crippen LogP contribution in [0.1, 0.15) is 41.2 Å². The van der Waals surface area contributed by atoms with E-state index in [1.165, 1.54) is 22.3 Å². The van der Waals surface area contributed by atoms with Crippen molar-refractivity contribution in [1.82, 2.24) is 0 Å². The van der Waals surface area contributed by atoms with Crippen molar-refractivity contribution in [3.63, 3.8) is 0 Å². The van der Waals surface area contributed by atoms with E-state index < -0.39 is 0 Å². The van der Waals surface area contributed by atoms with Gasteiger partial charge in [-0.05, 0) is 61.4 Å². The molecule has 1 aliphatic carbocycles. The summed E-state index contributed by atoms with van der Waals surface area (Å²) in [5.41, 5.74) is 5.04. The second kappa shape index (κ2) is 3.67. The van der Waals surface area contributed by atoms with Crippen molar-refractivity contribution in [2.45, 2.75) is 39.2 Å². The first-order chi connectivity index (χ1) is 6.61. The molecule has 1 atom stereocenters. The van der Waals surface area contributed by atoms with Crippen LogP contribution in [0.3, 0.4) is 0 Å². The maximum atomic E-state index is 9.97. The third kappa shape index (κ3) is 1.51. The molecule has 0 spiro atoms. The summed E-state index contributed by atoms with van der Waals surface area (Å²) >= 11 is 3.54. The topological polar surface area (TPSA) is 20.2 Å². The minimum absolute atomic E-state index is 0.255. The van der Waals surface area contributed by atoms with E-state index in [2.05, 4.69) is 35.8 Å². The van der Waals surface area contributed by atoms with Gasteiger partial charge in [0.15, 0.2) is 0 Å². The third-order valence-corrected chi connectivity index (χ3v) is 3.97. The van der Waals surface area contributed by atoms with Crippen LogP contribution in [0.4, 0.5) is 0 Å². The first-order valence-corrected chi connectivity index (χ1v) is 5.87. The summed E-state index contributed by atoms with van der Waals surface area (Å²) in [6, 6.07) is 2.16. The van der Waals surface area contributed by atoms with Gasteiger partial charge in [0.2, 0.25) is 0 Å². The van der Waals surface area contributed by atoms with Crippen molar-refractivity contribution >= 4 is 15.9 Å². The van der Waals surface area contributed by atoms with Crippen molar-refractivity contribution < 1.29 is 5.11 Å². The molecule has 0 heterocycles. The Balaban J connectivity index is 2.67. The largest absolute Gasteiger partial charge is 0.388 e. The smallest absolute Gasteiger partial charge is 0.0795 e. The molecule has 1 N–H and O–H groups in total. The van der Waals surface area contributed by atoms with Crippen molar-refractivity contribution in [1.29, 1.82) is 0 Å². The van der Waals surface area contributed by atoms with Gasteiger partial charge in [0, 0.05) is 4.47 Å². The molecule has 0 fully saturated rings. The fourth-order valence-electron chi connectivity index (χ4n) is 2.35. The lowest BCUT2D eigenvalue weighted by Gasteiger charge is -2.25. The average molecular weight is 255 g/mol. The van der Waals surface area contributed by atoms with Crippen molar-refractivity contribution in [2.24, 2.45) is 0 Å². The minimum atomic E-state index is -0.255. The van der Waals surface area contributed by atoms with Crippen molar-refractivity contribution in [2.75, 3.05) is 0 Å². The molecule has 0 aromatic heterocycles. The summed E-state index contributed by atoms with van der Waals surface area (Å²) in [6.07, 6.45) is 2.88. The van der Waals surface area contributed by atoms with Gasteiger partial charge < -0.3 is 5.11 Å². The Morgan fingerprint density at radius 1 is 1.43 bits per heavy atom. The lowest BCUT2D eigenvalue weighted by molar-refractivity contribution is 0.155. The summed E-state index contributed by atoms with van der Waals surface area (Å²) in [6.45, 7) is 4.21. The van der Waals surface area contributed by atoms with Crippen LogP contribution in [0.2, 0.25) is 0 Å². The van der Waals surface area contributed by atoms with Crippen LogP contribution < -0.4 is 0 Å². The number of aryl methyl sites for hydroxylation is 1. The van der Waals surface area contributed by atoms with Gasteiger partial charge in [-0.25, -0.2) is 0 Å². The van der Waals surface area contributed by atoms with Gasteiger partial charge >= 0.3 is 0 Å². The van der Waals surface area contributed by atoms with E-state index in [0.717, 1.165) is 23.7 Å². The zero-order valence-electron chi connectivity index (χ0n) is 8.60. The molecule has 0 unspecified atom stereocenters. The summed E-state index contributed by atoms with van der Waals surface area (Å²) < 4.78 is 1.12. The summed E-state index contributed by atoms with van der Waals surface area (Å²) in [4.78, 5) is 0. The molecule has 1 aromatic rings. The molecular weight excluding hydrogens is 240 g/mol. The van der Waals surface area contributed by atoms with Crippen LogP contribution in [0.25, 0.3) is 0 Å². The predicted octanol–water partition coefficient (Wildman–Crippen LogP) is 3.44. The summed E-state index contributed by atoms with van der Waals surface area (Å²) in [5, 5.41) is 9.97. The van der Waals surface area contributed by atoms with E-state index in [9.17, 15) is 5.11 Å². The SMILES string of the molecule is Cc1cc(Br)c(C)c2c1CCC[C@H]2O. The Kier molecular flexibility index (Phi) is 2.67. The molecule has 14 heavy (non-hydrogen) atoms. The highest BCUT2D eigenvalue weighted by Crippen LogP contribution is 2.37. The fraction of sp³-hybridized carbons (Fsp3) is 0.500. The predicted molar refractivity (Wildman–Crippen MR) is 61.5 cm³/mol. The molecular formula is C12H15BrO. The number of halogens is 1. The number of aliphatic hydroxyl groups excluding tert-OH is 1. The van der Waals surface area contributed by atoms with Gasteiger partial charge in [-0.1, -0.05) is 15.9 Å². The zero-order valence-corrected chi connectivity index (χ0v) is 10.2. The van der Waals surface area contributed by atoms with Gasteiger partial charge in [0.05, 0.1) is 6.10 Å². The Labute approximate surface area is 93.3 Å². The molecule has 1 aliphatic rings. The molecule has 76 valence electrons.